The van der Waals surface area contributed by atoms with Crippen LogP contribution in [-0.4, -0.2) is 56.8 Å². The fraction of sp³-hybridized carbons (Fsp3) is 0.375. The van der Waals surface area contributed by atoms with E-state index in [1.165, 1.54) is 0 Å². The minimum absolute atomic E-state index is 0.0789. The minimum Gasteiger partial charge on any atom is -0.494 e. The van der Waals surface area contributed by atoms with Crippen molar-refractivity contribution in [2.24, 2.45) is 0 Å². The Hall–Kier alpha value is -3.26. The highest BCUT2D eigenvalue weighted by Gasteiger charge is 2.25. The zero-order valence-electron chi connectivity index (χ0n) is 18.7. The van der Waals surface area contributed by atoms with E-state index in [-0.39, 0.29) is 18.0 Å². The third-order valence-electron chi connectivity index (χ3n) is 5.50. The van der Waals surface area contributed by atoms with Crippen LogP contribution in [0.2, 0.25) is 5.02 Å². The highest BCUT2D eigenvalue weighted by Crippen LogP contribution is 2.34. The molecule has 0 aliphatic carbocycles. The zero-order valence-corrected chi connectivity index (χ0v) is 19.5. The molecule has 1 amide bonds. The number of amides is 1. The number of nitrogens with zero attached hydrogens (tertiary/aromatic N) is 5. The normalized spacial score (nSPS) is 14.2. The second kappa shape index (κ2) is 10.6. The SMILES string of the molecule is CCOc1ccc(-c2nnc(OC3CCN(C(=O)CC)CC3)nc2-c2ccncc2Cl)cc1. The standard InChI is InChI=1S/C24H26ClN5O3/c1-3-21(31)30-13-10-18(11-14-30)33-24-27-23(19-9-12-26-15-20(19)25)22(28-29-24)16-5-7-17(8-6-16)32-4-2/h5-9,12,15,18H,3-4,10-11,13-14H2,1-2H3. The van der Waals surface area contributed by atoms with Crippen LogP contribution in [0.5, 0.6) is 11.8 Å². The zero-order chi connectivity index (χ0) is 23.2. The van der Waals surface area contributed by atoms with Crippen molar-refractivity contribution in [1.29, 1.82) is 0 Å². The number of aromatic nitrogens is 4. The molecule has 1 aromatic carbocycles. The van der Waals surface area contributed by atoms with E-state index in [9.17, 15) is 4.79 Å². The molecule has 3 heterocycles. The maximum Gasteiger partial charge on any atom is 0.336 e. The quantitative estimate of drug-likeness (QED) is 0.507. The lowest BCUT2D eigenvalue weighted by Gasteiger charge is -2.31. The van der Waals surface area contributed by atoms with Gasteiger partial charge in [-0.2, -0.15) is 4.98 Å². The topological polar surface area (TPSA) is 90.3 Å². The molecule has 2 aromatic heterocycles. The molecule has 0 spiro atoms. The second-order valence-electron chi connectivity index (χ2n) is 7.66. The number of rotatable bonds is 7. The van der Waals surface area contributed by atoms with Crippen molar-refractivity contribution in [3.8, 4) is 34.3 Å². The number of hydrogen-bond acceptors (Lipinski definition) is 7. The van der Waals surface area contributed by atoms with Gasteiger partial charge in [-0.15, -0.1) is 5.10 Å². The molecule has 33 heavy (non-hydrogen) atoms. The predicted molar refractivity (Wildman–Crippen MR) is 125 cm³/mol. The van der Waals surface area contributed by atoms with Gasteiger partial charge in [0, 0.05) is 55.9 Å². The van der Waals surface area contributed by atoms with Crippen molar-refractivity contribution in [2.45, 2.75) is 39.2 Å². The Bertz CT molecular complexity index is 1100. The number of carbonyl (C=O) groups is 1. The van der Waals surface area contributed by atoms with Gasteiger partial charge in [-0.1, -0.05) is 23.6 Å². The number of ether oxygens (including phenoxy) is 2. The lowest BCUT2D eigenvalue weighted by Crippen LogP contribution is -2.41. The third kappa shape index (κ3) is 5.39. The molecule has 1 aliphatic rings. The summed E-state index contributed by atoms with van der Waals surface area (Å²) in [6, 6.07) is 9.57. The van der Waals surface area contributed by atoms with Crippen LogP contribution >= 0.6 is 11.6 Å². The molecule has 1 saturated heterocycles. The van der Waals surface area contributed by atoms with Gasteiger partial charge in [0.05, 0.1) is 11.6 Å². The van der Waals surface area contributed by atoms with Gasteiger partial charge in [-0.3, -0.25) is 9.78 Å². The molecular weight excluding hydrogens is 442 g/mol. The monoisotopic (exact) mass is 467 g/mol. The molecule has 0 atom stereocenters. The Kier molecular flexibility index (Phi) is 7.34. The molecule has 0 N–H and O–H groups in total. The van der Waals surface area contributed by atoms with E-state index in [0.29, 0.717) is 48.1 Å². The molecule has 172 valence electrons. The molecule has 0 saturated carbocycles. The molecule has 9 heteroatoms. The Balaban J connectivity index is 1.61. The Morgan fingerprint density at radius 3 is 2.52 bits per heavy atom. The van der Waals surface area contributed by atoms with Crippen LogP contribution < -0.4 is 9.47 Å². The van der Waals surface area contributed by atoms with Crippen molar-refractivity contribution in [1.82, 2.24) is 25.1 Å². The van der Waals surface area contributed by atoms with E-state index in [0.717, 1.165) is 24.2 Å². The summed E-state index contributed by atoms with van der Waals surface area (Å²) in [4.78, 5) is 22.5. The number of halogens is 1. The van der Waals surface area contributed by atoms with Crippen molar-refractivity contribution in [2.75, 3.05) is 19.7 Å². The summed E-state index contributed by atoms with van der Waals surface area (Å²) in [5.74, 6) is 0.944. The third-order valence-corrected chi connectivity index (χ3v) is 5.80. The van der Waals surface area contributed by atoms with Gasteiger partial charge in [-0.25, -0.2) is 0 Å². The van der Waals surface area contributed by atoms with Gasteiger partial charge < -0.3 is 14.4 Å². The molecule has 0 radical (unpaired) electrons. The summed E-state index contributed by atoms with van der Waals surface area (Å²) in [7, 11) is 0. The van der Waals surface area contributed by atoms with Gasteiger partial charge in [0.25, 0.3) is 0 Å². The van der Waals surface area contributed by atoms with Crippen LogP contribution in [0.25, 0.3) is 22.5 Å². The summed E-state index contributed by atoms with van der Waals surface area (Å²) in [6.45, 7) is 5.74. The molecule has 4 rings (SSSR count). The molecule has 0 bridgehead atoms. The first-order valence-electron chi connectivity index (χ1n) is 11.1. The highest BCUT2D eigenvalue weighted by molar-refractivity contribution is 6.33. The summed E-state index contributed by atoms with van der Waals surface area (Å²) >= 11 is 6.44. The van der Waals surface area contributed by atoms with Crippen molar-refractivity contribution in [3.63, 3.8) is 0 Å². The van der Waals surface area contributed by atoms with Crippen LogP contribution in [0.4, 0.5) is 0 Å². The van der Waals surface area contributed by atoms with E-state index >= 15 is 0 Å². The van der Waals surface area contributed by atoms with Crippen LogP contribution in [0.15, 0.2) is 42.7 Å². The van der Waals surface area contributed by atoms with Crippen LogP contribution in [0.3, 0.4) is 0 Å². The minimum atomic E-state index is -0.0789. The number of pyridine rings is 1. The van der Waals surface area contributed by atoms with E-state index in [4.69, 9.17) is 21.1 Å². The summed E-state index contributed by atoms with van der Waals surface area (Å²) in [5.41, 5.74) is 2.68. The maximum atomic E-state index is 11.9. The largest absolute Gasteiger partial charge is 0.494 e. The summed E-state index contributed by atoms with van der Waals surface area (Å²) < 4.78 is 11.6. The molecular formula is C24H26ClN5O3. The fourth-order valence-corrected chi connectivity index (χ4v) is 3.99. The lowest BCUT2D eigenvalue weighted by atomic mass is 10.1. The van der Waals surface area contributed by atoms with Crippen LogP contribution in [-0.2, 0) is 4.79 Å². The first-order chi connectivity index (χ1) is 16.1. The number of likely N-dealkylation sites (tertiary alicyclic amines) is 1. The summed E-state index contributed by atoms with van der Waals surface area (Å²) in [5, 5.41) is 9.14. The molecule has 1 aliphatic heterocycles. The number of hydrogen-bond donors (Lipinski definition) is 0. The van der Waals surface area contributed by atoms with Gasteiger partial charge in [0.15, 0.2) is 0 Å². The van der Waals surface area contributed by atoms with Crippen LogP contribution in [0, 0.1) is 0 Å². The average Bonchev–Trinajstić information content (AvgIpc) is 2.85. The first kappa shape index (κ1) is 22.9. The van der Waals surface area contributed by atoms with Crippen LogP contribution in [0.1, 0.15) is 33.1 Å². The highest BCUT2D eigenvalue weighted by atomic mass is 35.5. The lowest BCUT2D eigenvalue weighted by molar-refractivity contribution is -0.132. The van der Waals surface area contributed by atoms with Gasteiger partial charge in [-0.05, 0) is 37.3 Å². The smallest absolute Gasteiger partial charge is 0.336 e. The Morgan fingerprint density at radius 2 is 1.85 bits per heavy atom. The van der Waals surface area contributed by atoms with Gasteiger partial charge >= 0.3 is 6.01 Å². The Labute approximate surface area is 197 Å². The van der Waals surface area contributed by atoms with E-state index in [2.05, 4.69) is 20.2 Å². The van der Waals surface area contributed by atoms with Crippen molar-refractivity contribution >= 4 is 17.5 Å². The Morgan fingerprint density at radius 1 is 1.09 bits per heavy atom. The van der Waals surface area contributed by atoms with E-state index in [1.54, 1.807) is 18.5 Å². The van der Waals surface area contributed by atoms with Gasteiger partial charge in [0.2, 0.25) is 5.91 Å². The van der Waals surface area contributed by atoms with E-state index < -0.39 is 0 Å². The molecule has 1 fully saturated rings. The van der Waals surface area contributed by atoms with Crippen molar-refractivity contribution in [3.05, 3.63) is 47.7 Å². The maximum absolute atomic E-state index is 11.9. The van der Waals surface area contributed by atoms with Crippen molar-refractivity contribution < 1.29 is 14.3 Å². The predicted octanol–water partition coefficient (Wildman–Crippen LogP) is 4.43. The number of piperidine rings is 1. The number of carbonyl (C=O) groups excluding carboxylic acids is 1. The van der Waals surface area contributed by atoms with Gasteiger partial charge in [0.1, 0.15) is 23.2 Å². The second-order valence-corrected chi connectivity index (χ2v) is 8.06. The molecule has 8 nitrogen and oxygen atoms in total. The van der Waals surface area contributed by atoms with E-state index in [1.807, 2.05) is 43.0 Å². The molecule has 3 aromatic rings. The summed E-state index contributed by atoms with van der Waals surface area (Å²) in [6.07, 6.45) is 5.11. The molecule has 0 unspecified atom stereocenters. The fourth-order valence-electron chi connectivity index (χ4n) is 3.78. The average molecular weight is 468 g/mol. The first-order valence-corrected chi connectivity index (χ1v) is 11.5. The number of benzene rings is 1.